The Labute approximate surface area is 127 Å². The molecule has 2 rings (SSSR count). The largest absolute Gasteiger partial charge is 0.351 e. The molecule has 0 aliphatic carbocycles. The molecule has 0 spiro atoms. The van der Waals surface area contributed by atoms with Crippen LogP contribution in [0.1, 0.15) is 46.1 Å². The maximum Gasteiger partial charge on any atom is 0.235 e. The Balaban J connectivity index is 1.92. The van der Waals surface area contributed by atoms with Crippen molar-refractivity contribution in [3.05, 3.63) is 35.9 Å². The van der Waals surface area contributed by atoms with E-state index < -0.39 is 0 Å². The summed E-state index contributed by atoms with van der Waals surface area (Å²) < 4.78 is 6.00. The fourth-order valence-electron chi connectivity index (χ4n) is 2.65. The molecule has 1 saturated heterocycles. The zero-order valence-corrected chi connectivity index (χ0v) is 13.4. The summed E-state index contributed by atoms with van der Waals surface area (Å²) in [6.45, 7) is 7.62. The van der Waals surface area contributed by atoms with Gasteiger partial charge in [-0.1, -0.05) is 30.3 Å². The van der Waals surface area contributed by atoms with Gasteiger partial charge in [-0.2, -0.15) is 0 Å². The number of benzene rings is 1. The first-order valence-electron chi connectivity index (χ1n) is 7.63. The molecular formula is C17H26N2O2. The smallest absolute Gasteiger partial charge is 0.235 e. The number of carbonyl (C=O) groups excluding carboxylic acids is 1. The topological polar surface area (TPSA) is 41.6 Å². The SMILES string of the molecule is CC(=O)N1N[C@H](CCc2ccccc2)C[C@H]1OC(C)(C)C. The normalized spacial score (nSPS) is 22.6. The number of aryl methyl sites for hydroxylation is 1. The van der Waals surface area contributed by atoms with E-state index in [1.54, 1.807) is 11.9 Å². The number of carbonyl (C=O) groups is 1. The Hall–Kier alpha value is -1.39. The van der Waals surface area contributed by atoms with Gasteiger partial charge >= 0.3 is 0 Å². The standard InChI is InChI=1S/C17H26N2O2/c1-13(20)19-16(21-17(2,3)4)12-15(18-19)11-10-14-8-6-5-7-9-14/h5-9,15-16,18H,10-12H2,1-4H3/t15-,16-/m1/s1. The highest BCUT2D eigenvalue weighted by atomic mass is 16.5. The van der Waals surface area contributed by atoms with Crippen LogP contribution in [0.3, 0.4) is 0 Å². The minimum Gasteiger partial charge on any atom is -0.351 e. The lowest BCUT2D eigenvalue weighted by Crippen LogP contribution is -2.46. The molecule has 1 amide bonds. The van der Waals surface area contributed by atoms with Gasteiger partial charge in [0.25, 0.3) is 0 Å². The molecule has 1 heterocycles. The summed E-state index contributed by atoms with van der Waals surface area (Å²) >= 11 is 0. The fraction of sp³-hybridized carbons (Fsp3) is 0.588. The van der Waals surface area contributed by atoms with Crippen molar-refractivity contribution >= 4 is 5.91 Å². The van der Waals surface area contributed by atoms with E-state index in [9.17, 15) is 4.79 Å². The summed E-state index contributed by atoms with van der Waals surface area (Å²) in [5.41, 5.74) is 4.36. The molecule has 1 aromatic carbocycles. The van der Waals surface area contributed by atoms with E-state index in [0.29, 0.717) is 0 Å². The van der Waals surface area contributed by atoms with E-state index in [1.807, 2.05) is 26.8 Å². The number of rotatable bonds is 4. The van der Waals surface area contributed by atoms with Crippen molar-refractivity contribution in [2.75, 3.05) is 0 Å². The molecule has 0 radical (unpaired) electrons. The van der Waals surface area contributed by atoms with E-state index >= 15 is 0 Å². The molecule has 21 heavy (non-hydrogen) atoms. The molecule has 0 saturated carbocycles. The summed E-state index contributed by atoms with van der Waals surface area (Å²) in [5, 5.41) is 1.64. The maximum atomic E-state index is 11.7. The average molecular weight is 290 g/mol. The van der Waals surface area contributed by atoms with Gasteiger partial charge in [0.15, 0.2) is 0 Å². The van der Waals surface area contributed by atoms with Crippen LogP contribution < -0.4 is 5.43 Å². The summed E-state index contributed by atoms with van der Waals surface area (Å²) in [4.78, 5) is 11.7. The molecule has 0 bridgehead atoms. The third-order valence-corrected chi connectivity index (χ3v) is 3.55. The number of hydrogen-bond donors (Lipinski definition) is 1. The van der Waals surface area contributed by atoms with Crippen LogP contribution in [-0.4, -0.2) is 28.8 Å². The van der Waals surface area contributed by atoms with Gasteiger partial charge in [-0.25, -0.2) is 10.4 Å². The summed E-state index contributed by atoms with van der Waals surface area (Å²) in [6, 6.07) is 10.7. The Kier molecular flexibility index (Phi) is 5.01. The quantitative estimate of drug-likeness (QED) is 0.927. The van der Waals surface area contributed by atoms with E-state index in [2.05, 4.69) is 29.7 Å². The van der Waals surface area contributed by atoms with Crippen LogP contribution in [0.25, 0.3) is 0 Å². The van der Waals surface area contributed by atoms with Crippen molar-refractivity contribution in [2.45, 2.75) is 64.8 Å². The van der Waals surface area contributed by atoms with Crippen molar-refractivity contribution in [2.24, 2.45) is 0 Å². The van der Waals surface area contributed by atoms with Gasteiger partial charge in [0.2, 0.25) is 5.91 Å². The summed E-state index contributed by atoms with van der Waals surface area (Å²) in [7, 11) is 0. The average Bonchev–Trinajstić information content (AvgIpc) is 2.78. The second-order valence-corrected chi connectivity index (χ2v) is 6.66. The van der Waals surface area contributed by atoms with Crippen LogP contribution in [0.15, 0.2) is 30.3 Å². The van der Waals surface area contributed by atoms with Gasteiger partial charge in [0.05, 0.1) is 5.60 Å². The number of ether oxygens (including phenoxy) is 1. The van der Waals surface area contributed by atoms with Crippen LogP contribution >= 0.6 is 0 Å². The van der Waals surface area contributed by atoms with Gasteiger partial charge in [0, 0.05) is 19.4 Å². The first-order chi connectivity index (χ1) is 9.85. The van der Waals surface area contributed by atoms with Gasteiger partial charge < -0.3 is 4.74 Å². The highest BCUT2D eigenvalue weighted by Gasteiger charge is 2.36. The van der Waals surface area contributed by atoms with Crippen LogP contribution in [0.2, 0.25) is 0 Å². The molecule has 4 nitrogen and oxygen atoms in total. The highest BCUT2D eigenvalue weighted by Crippen LogP contribution is 2.24. The lowest BCUT2D eigenvalue weighted by Gasteiger charge is -2.29. The van der Waals surface area contributed by atoms with Crippen LogP contribution in [-0.2, 0) is 16.0 Å². The van der Waals surface area contributed by atoms with Crippen molar-refractivity contribution in [3.8, 4) is 0 Å². The van der Waals surface area contributed by atoms with E-state index in [4.69, 9.17) is 4.74 Å². The Morgan fingerprint density at radius 1 is 1.33 bits per heavy atom. The molecule has 0 unspecified atom stereocenters. The number of nitrogens with zero attached hydrogens (tertiary/aromatic N) is 1. The zero-order valence-electron chi connectivity index (χ0n) is 13.4. The fourth-order valence-corrected chi connectivity index (χ4v) is 2.65. The monoisotopic (exact) mass is 290 g/mol. The third-order valence-electron chi connectivity index (χ3n) is 3.55. The van der Waals surface area contributed by atoms with E-state index in [1.165, 1.54) is 5.56 Å². The molecule has 1 aliphatic heterocycles. The molecule has 0 aromatic heterocycles. The van der Waals surface area contributed by atoms with Gasteiger partial charge in [-0.3, -0.25) is 4.79 Å². The summed E-state index contributed by atoms with van der Waals surface area (Å²) in [5.74, 6) is 0.00598. The molecule has 1 N–H and O–H groups in total. The van der Waals surface area contributed by atoms with Crippen molar-refractivity contribution < 1.29 is 9.53 Å². The third kappa shape index (κ3) is 4.83. The Morgan fingerprint density at radius 3 is 2.57 bits per heavy atom. The highest BCUT2D eigenvalue weighted by molar-refractivity contribution is 5.73. The number of hydrogen-bond acceptors (Lipinski definition) is 3. The molecule has 2 atom stereocenters. The van der Waals surface area contributed by atoms with E-state index in [0.717, 1.165) is 19.3 Å². The van der Waals surface area contributed by atoms with Crippen LogP contribution in [0, 0.1) is 0 Å². The second-order valence-electron chi connectivity index (χ2n) is 6.66. The molecule has 4 heteroatoms. The predicted molar refractivity (Wildman–Crippen MR) is 83.4 cm³/mol. The van der Waals surface area contributed by atoms with Crippen molar-refractivity contribution in [1.82, 2.24) is 10.4 Å². The second kappa shape index (κ2) is 6.58. The predicted octanol–water partition coefficient (Wildman–Crippen LogP) is 2.89. The summed E-state index contributed by atoms with van der Waals surface area (Å²) in [6.07, 6.45) is 2.66. The molecule has 1 fully saturated rings. The zero-order chi connectivity index (χ0) is 15.5. The maximum absolute atomic E-state index is 11.7. The lowest BCUT2D eigenvalue weighted by atomic mass is 10.0. The molecule has 1 aliphatic rings. The van der Waals surface area contributed by atoms with E-state index in [-0.39, 0.29) is 23.8 Å². The Bertz CT molecular complexity index is 467. The van der Waals surface area contributed by atoms with Gasteiger partial charge in [0.1, 0.15) is 6.23 Å². The Morgan fingerprint density at radius 2 is 2.00 bits per heavy atom. The van der Waals surface area contributed by atoms with Crippen LogP contribution in [0.4, 0.5) is 0 Å². The molecule has 1 aromatic rings. The number of hydrazine groups is 1. The van der Waals surface area contributed by atoms with Crippen LogP contribution in [0.5, 0.6) is 0 Å². The minimum atomic E-state index is -0.256. The van der Waals surface area contributed by atoms with Gasteiger partial charge in [-0.05, 0) is 39.2 Å². The van der Waals surface area contributed by atoms with Gasteiger partial charge in [-0.15, -0.1) is 0 Å². The number of nitrogens with one attached hydrogen (secondary N) is 1. The first-order valence-corrected chi connectivity index (χ1v) is 7.63. The molecular weight excluding hydrogens is 264 g/mol. The minimum absolute atomic E-state index is 0.00598. The van der Waals surface area contributed by atoms with Crippen molar-refractivity contribution in [3.63, 3.8) is 0 Å². The number of amides is 1. The lowest BCUT2D eigenvalue weighted by molar-refractivity contribution is -0.158. The first kappa shape index (κ1) is 16.0. The molecule has 116 valence electrons. The van der Waals surface area contributed by atoms with Crippen molar-refractivity contribution in [1.29, 1.82) is 0 Å².